The summed E-state index contributed by atoms with van der Waals surface area (Å²) in [7, 11) is 1.64. The van der Waals surface area contributed by atoms with Crippen LogP contribution in [0.2, 0.25) is 0 Å². The van der Waals surface area contributed by atoms with Gasteiger partial charge in [-0.3, -0.25) is 4.79 Å². The molecule has 0 spiro atoms. The zero-order valence-corrected chi connectivity index (χ0v) is 13.9. The first kappa shape index (κ1) is 17.4. The zero-order valence-electron chi connectivity index (χ0n) is 13.9. The predicted octanol–water partition coefficient (Wildman–Crippen LogP) is 3.78. The quantitative estimate of drug-likeness (QED) is 0.659. The molecule has 0 aliphatic rings. The summed E-state index contributed by atoms with van der Waals surface area (Å²) in [6.07, 6.45) is 1.01. The minimum Gasteiger partial charge on any atom is -0.379 e. The molecule has 0 aliphatic heterocycles. The molecule has 0 fully saturated rings. The molecule has 0 amide bonds. The number of benzene rings is 1. The molecule has 2 rings (SSSR count). The molecule has 1 heterocycles. The van der Waals surface area contributed by atoms with E-state index in [4.69, 9.17) is 14.0 Å². The Bertz CT molecular complexity index is 619. The first-order valence-electron chi connectivity index (χ1n) is 7.66. The van der Waals surface area contributed by atoms with Crippen LogP contribution in [0.1, 0.15) is 48.5 Å². The van der Waals surface area contributed by atoms with Crippen LogP contribution in [0.15, 0.2) is 40.9 Å². The first-order valence-corrected chi connectivity index (χ1v) is 7.66. The maximum atomic E-state index is 12.1. The average molecular weight is 317 g/mol. The number of nitrogens with zero attached hydrogens (tertiary/aromatic N) is 1. The summed E-state index contributed by atoms with van der Waals surface area (Å²) in [6, 6.07) is 11.5. The third-order valence-corrected chi connectivity index (χ3v) is 3.71. The monoisotopic (exact) mass is 317 g/mol. The molecule has 124 valence electrons. The predicted molar refractivity (Wildman–Crippen MR) is 86.1 cm³/mol. The van der Waals surface area contributed by atoms with Gasteiger partial charge >= 0.3 is 0 Å². The van der Waals surface area contributed by atoms with Gasteiger partial charge in [0.25, 0.3) is 0 Å². The second kappa shape index (κ2) is 8.04. The van der Waals surface area contributed by atoms with Gasteiger partial charge in [0.05, 0.1) is 12.2 Å². The Morgan fingerprint density at radius 2 is 1.96 bits per heavy atom. The van der Waals surface area contributed by atoms with Crippen molar-refractivity contribution in [2.24, 2.45) is 0 Å². The number of ketones is 1. The van der Waals surface area contributed by atoms with E-state index in [2.05, 4.69) is 5.16 Å². The third-order valence-electron chi connectivity index (χ3n) is 3.71. The molecule has 0 saturated carbocycles. The Balaban J connectivity index is 1.79. The lowest BCUT2D eigenvalue weighted by Crippen LogP contribution is -2.23. The largest absolute Gasteiger partial charge is 0.379 e. The maximum absolute atomic E-state index is 12.1. The van der Waals surface area contributed by atoms with Gasteiger partial charge in [-0.05, 0) is 25.8 Å². The van der Waals surface area contributed by atoms with Gasteiger partial charge in [-0.2, -0.15) is 0 Å². The summed E-state index contributed by atoms with van der Waals surface area (Å²) < 4.78 is 16.0. The fourth-order valence-electron chi connectivity index (χ4n) is 2.00. The zero-order chi connectivity index (χ0) is 16.7. The van der Waals surface area contributed by atoms with Crippen molar-refractivity contribution in [3.63, 3.8) is 0 Å². The van der Waals surface area contributed by atoms with Gasteiger partial charge in [0.1, 0.15) is 12.3 Å². The van der Waals surface area contributed by atoms with Gasteiger partial charge in [0.2, 0.25) is 0 Å². The summed E-state index contributed by atoms with van der Waals surface area (Å²) in [6.45, 7) is 4.68. The van der Waals surface area contributed by atoms with Crippen LogP contribution in [-0.4, -0.2) is 23.7 Å². The summed E-state index contributed by atoms with van der Waals surface area (Å²) >= 11 is 0. The second-order valence-corrected chi connectivity index (χ2v) is 6.04. The molecule has 0 unspecified atom stereocenters. The van der Waals surface area contributed by atoms with Gasteiger partial charge in [-0.25, -0.2) is 0 Å². The second-order valence-electron chi connectivity index (χ2n) is 6.04. The van der Waals surface area contributed by atoms with Crippen LogP contribution in [0.25, 0.3) is 0 Å². The highest BCUT2D eigenvalue weighted by atomic mass is 16.5. The summed E-state index contributed by atoms with van der Waals surface area (Å²) in [4.78, 5) is 12.1. The van der Waals surface area contributed by atoms with Crippen molar-refractivity contribution in [2.75, 3.05) is 7.11 Å². The standard InChI is InChI=1S/C18H23NO4/c1-18(2,21-3)10-9-17(20)16-11-15(23-19-16)13-22-12-14-7-5-4-6-8-14/h4-8,11H,9-10,12-13H2,1-3H3. The fraction of sp³-hybridized carbons (Fsp3) is 0.444. The molecule has 0 saturated heterocycles. The number of aromatic nitrogens is 1. The van der Waals surface area contributed by atoms with Crippen molar-refractivity contribution in [3.8, 4) is 0 Å². The van der Waals surface area contributed by atoms with Gasteiger partial charge < -0.3 is 14.0 Å². The van der Waals surface area contributed by atoms with Crippen LogP contribution >= 0.6 is 0 Å². The molecule has 0 atom stereocenters. The van der Waals surface area contributed by atoms with Gasteiger partial charge in [0.15, 0.2) is 11.5 Å². The van der Waals surface area contributed by atoms with Crippen molar-refractivity contribution in [1.82, 2.24) is 5.16 Å². The molecule has 0 radical (unpaired) electrons. The number of Topliss-reactive ketones (excluding diaryl/α,β-unsaturated/α-hetero) is 1. The Morgan fingerprint density at radius 1 is 1.22 bits per heavy atom. The van der Waals surface area contributed by atoms with E-state index in [1.54, 1.807) is 13.2 Å². The highest BCUT2D eigenvalue weighted by Gasteiger charge is 2.20. The molecule has 23 heavy (non-hydrogen) atoms. The lowest BCUT2D eigenvalue weighted by Gasteiger charge is -2.21. The van der Waals surface area contributed by atoms with Gasteiger partial charge in [-0.1, -0.05) is 35.5 Å². The molecular formula is C18H23NO4. The highest BCUT2D eigenvalue weighted by Crippen LogP contribution is 2.18. The Labute approximate surface area is 136 Å². The number of carbonyl (C=O) groups excluding carboxylic acids is 1. The fourth-order valence-corrected chi connectivity index (χ4v) is 2.00. The first-order chi connectivity index (χ1) is 11.0. The van der Waals surface area contributed by atoms with Crippen molar-refractivity contribution in [3.05, 3.63) is 53.4 Å². The SMILES string of the molecule is COC(C)(C)CCC(=O)c1cc(COCc2ccccc2)on1. The van der Waals surface area contributed by atoms with Crippen LogP contribution in [0.3, 0.4) is 0 Å². The minimum absolute atomic E-state index is 0.0480. The topological polar surface area (TPSA) is 61.6 Å². The van der Waals surface area contributed by atoms with E-state index in [-0.39, 0.29) is 11.4 Å². The highest BCUT2D eigenvalue weighted by molar-refractivity contribution is 5.94. The van der Waals surface area contributed by atoms with Crippen molar-refractivity contribution in [2.45, 2.75) is 45.5 Å². The number of hydrogen-bond acceptors (Lipinski definition) is 5. The van der Waals surface area contributed by atoms with E-state index in [1.807, 2.05) is 44.2 Å². The van der Waals surface area contributed by atoms with E-state index >= 15 is 0 Å². The number of rotatable bonds is 9. The van der Waals surface area contributed by atoms with Crippen LogP contribution in [0, 0.1) is 0 Å². The molecular weight excluding hydrogens is 294 g/mol. The minimum atomic E-state index is -0.318. The maximum Gasteiger partial charge on any atom is 0.184 e. The van der Waals surface area contributed by atoms with Crippen molar-refractivity contribution >= 4 is 5.78 Å². The van der Waals surface area contributed by atoms with Gasteiger partial charge in [-0.15, -0.1) is 0 Å². The molecule has 5 nitrogen and oxygen atoms in total. The summed E-state index contributed by atoms with van der Waals surface area (Å²) in [5, 5.41) is 3.82. The number of methoxy groups -OCH3 is 1. The average Bonchev–Trinajstić information content (AvgIpc) is 3.03. The molecule has 0 aliphatic carbocycles. The summed E-state index contributed by atoms with van der Waals surface area (Å²) in [5.74, 6) is 0.503. The molecule has 1 aromatic carbocycles. The number of carbonyl (C=O) groups is 1. The Hall–Kier alpha value is -1.98. The third kappa shape index (κ3) is 5.62. The van der Waals surface area contributed by atoms with Crippen LogP contribution < -0.4 is 0 Å². The van der Waals surface area contributed by atoms with Crippen LogP contribution in [-0.2, 0) is 22.7 Å². The van der Waals surface area contributed by atoms with Crippen LogP contribution in [0.5, 0.6) is 0 Å². The smallest absolute Gasteiger partial charge is 0.184 e. The van der Waals surface area contributed by atoms with E-state index in [0.717, 1.165) is 5.56 Å². The van der Waals surface area contributed by atoms with E-state index in [0.29, 0.717) is 37.5 Å². The van der Waals surface area contributed by atoms with E-state index < -0.39 is 0 Å². The van der Waals surface area contributed by atoms with Crippen molar-refractivity contribution < 1.29 is 18.8 Å². The number of ether oxygens (including phenoxy) is 2. The van der Waals surface area contributed by atoms with Crippen molar-refractivity contribution in [1.29, 1.82) is 0 Å². The van der Waals surface area contributed by atoms with Gasteiger partial charge in [0, 0.05) is 19.6 Å². The normalized spacial score (nSPS) is 11.6. The Morgan fingerprint density at radius 3 is 2.65 bits per heavy atom. The molecule has 2 aromatic rings. The van der Waals surface area contributed by atoms with E-state index in [1.165, 1.54) is 0 Å². The molecule has 1 aromatic heterocycles. The lowest BCUT2D eigenvalue weighted by atomic mass is 10.00. The number of hydrogen-bond donors (Lipinski definition) is 0. The molecule has 0 N–H and O–H groups in total. The molecule has 5 heteroatoms. The molecule has 0 bridgehead atoms. The lowest BCUT2D eigenvalue weighted by molar-refractivity contribution is 0.0141. The summed E-state index contributed by atoms with van der Waals surface area (Å²) in [5.41, 5.74) is 1.11. The Kier molecular flexibility index (Phi) is 6.07. The van der Waals surface area contributed by atoms with Crippen LogP contribution in [0.4, 0.5) is 0 Å². The van der Waals surface area contributed by atoms with E-state index in [9.17, 15) is 4.79 Å².